The zero-order valence-corrected chi connectivity index (χ0v) is 76.6. The Balaban J connectivity index is 0.000000189. The van der Waals surface area contributed by atoms with Crippen molar-refractivity contribution in [2.45, 2.75) is 362 Å². The minimum atomic E-state index is -3.90. The van der Waals surface area contributed by atoms with E-state index in [1.54, 1.807) is 92.7 Å². The zero-order chi connectivity index (χ0) is 83.8. The fourth-order valence-corrected chi connectivity index (χ4v) is 19.9. The summed E-state index contributed by atoms with van der Waals surface area (Å²) in [7, 11) is -7.74. The summed E-state index contributed by atoms with van der Waals surface area (Å²) in [5, 5.41) is 7.19. The third-order valence-electron chi connectivity index (χ3n) is 20.5. The molecule has 12 bridgehead atoms. The van der Waals surface area contributed by atoms with E-state index in [0.717, 1.165) is 62.5 Å². The van der Waals surface area contributed by atoms with Gasteiger partial charge in [-0.1, -0.05) is 67.1 Å². The number of hydrogen-bond donors (Lipinski definition) is 1. The number of aliphatic hydroxyl groups is 1. The predicted molar refractivity (Wildman–Crippen MR) is 437 cm³/mol. The number of aliphatic hydroxyl groups excluding tert-OH is 1. The number of ketones is 4. The average Bonchev–Trinajstić information content (AvgIpc) is 1.57. The first kappa shape index (κ1) is 95.0. The van der Waals surface area contributed by atoms with E-state index in [2.05, 4.69) is 40.7 Å². The molecule has 113 heavy (non-hydrogen) atoms. The number of carbonyl (C=O) groups excluding carboxylic acids is 10. The molecule has 32 heteroatoms. The Kier molecular flexibility index (Phi) is 31.1. The van der Waals surface area contributed by atoms with E-state index < -0.39 is 106 Å². The number of rotatable bonds is 4. The summed E-state index contributed by atoms with van der Waals surface area (Å²) in [5.41, 5.74) is -1.38. The van der Waals surface area contributed by atoms with E-state index in [0.29, 0.717) is 32.1 Å². The number of ether oxygens (including phenoxy) is 6. The Morgan fingerprint density at radius 1 is 0.398 bits per heavy atom. The number of halogens is 2. The first-order chi connectivity index (χ1) is 51.6. The van der Waals surface area contributed by atoms with Crippen molar-refractivity contribution in [3.8, 4) is 0 Å². The van der Waals surface area contributed by atoms with E-state index in [1.165, 1.54) is 34.1 Å². The molecule has 10 saturated heterocycles. The second-order valence-electron chi connectivity index (χ2n) is 36.3. The van der Waals surface area contributed by atoms with Crippen LogP contribution in [-0.4, -0.2) is 234 Å². The van der Waals surface area contributed by atoms with Crippen LogP contribution in [0, 0.1) is 39.3 Å². The van der Waals surface area contributed by atoms with Crippen LogP contribution in [0.1, 0.15) is 227 Å². The van der Waals surface area contributed by atoms with Crippen molar-refractivity contribution < 1.29 is 124 Å². The van der Waals surface area contributed by atoms with Crippen LogP contribution in [0.15, 0.2) is 82.6 Å². The molecule has 0 saturated carbocycles. The van der Waals surface area contributed by atoms with E-state index >= 15 is 0 Å². The Labute approximate surface area is 700 Å². The fraction of sp³-hybridized carbons (Fsp3) is 0.679. The molecule has 12 aliphatic rings. The van der Waals surface area contributed by atoms with E-state index in [4.69, 9.17) is 28.4 Å². The summed E-state index contributed by atoms with van der Waals surface area (Å²) >= 11 is 5.07. The quantitative estimate of drug-likeness (QED) is 0.169. The summed E-state index contributed by atoms with van der Waals surface area (Å²) < 4.78 is 83.9. The average molecular weight is 1980 g/mol. The molecule has 14 rings (SSSR count). The minimum absolute atomic E-state index is 0. The Bertz CT molecular complexity index is 4040. The maximum absolute atomic E-state index is 13.0. The van der Waals surface area contributed by atoms with Gasteiger partial charge < -0.3 is 33.5 Å². The normalized spacial score (nSPS) is 27.8. The SMILES string of the molecule is C.CC(C)(C)OC(=O)N1C2C=CC1CC2.CC(C)(C)OC(=O)N1C2CCC1C(=O)C2.CC(C)(C)OC(=O)N1C2CCC1C(=O)C2.CC(C)(C)OC(=O)N1C2CCC1C(O)C2.Cc1ccc(S(=O)(=O)C2C(=O)C3C=CC2N3C(=O)OC(C)(C)C)cc1.Cc1ccc(S(=O)(=O)C2C(=O)C3CCC2N3C(=O)OC(C)(C)C)cc1.[I][Sm][I]. The van der Waals surface area contributed by atoms with Crippen LogP contribution in [0.3, 0.4) is 0 Å². The van der Waals surface area contributed by atoms with Gasteiger partial charge in [-0.2, -0.15) is 0 Å². The van der Waals surface area contributed by atoms with Crippen molar-refractivity contribution in [1.82, 2.24) is 29.4 Å². The van der Waals surface area contributed by atoms with Gasteiger partial charge >= 0.3 is 90.6 Å². The van der Waals surface area contributed by atoms with Crippen LogP contribution in [0.5, 0.6) is 0 Å². The number of fused-ring (bicyclic) bond motifs is 12. The molecule has 15 unspecified atom stereocenters. The predicted octanol–water partition coefficient (Wildman–Crippen LogP) is 14.5. The van der Waals surface area contributed by atoms with Gasteiger partial charge in [-0.15, -0.1) is 0 Å². The van der Waals surface area contributed by atoms with Crippen LogP contribution < -0.4 is 0 Å². The number of hydrogen-bond acceptors (Lipinski definition) is 21. The summed E-state index contributed by atoms with van der Waals surface area (Å²) in [6, 6.07) is 10.3. The van der Waals surface area contributed by atoms with Crippen LogP contribution >= 0.6 is 28.6 Å². The molecule has 0 aromatic heterocycles. The maximum atomic E-state index is 13.0. The third-order valence-corrected chi connectivity index (χ3v) is 24.8. The molecule has 0 spiro atoms. The number of nitrogens with zero attached hydrogens (tertiary/aromatic N) is 6. The molecule has 6 amide bonds. The molecule has 2 aromatic carbocycles. The number of amides is 6. The summed E-state index contributed by atoms with van der Waals surface area (Å²) in [5.74, 6) is -0.504. The molecule has 10 fully saturated rings. The molecule has 1 N–H and O–H groups in total. The molecule has 12 heterocycles. The monoisotopic (exact) mass is 1980 g/mol. The van der Waals surface area contributed by atoms with E-state index in [9.17, 15) is 69.9 Å². The molecular formula is C81H118I2N6O21S2Sm. The molecule has 0 aliphatic carbocycles. The molecule has 12 aliphatic heterocycles. The van der Waals surface area contributed by atoms with Gasteiger partial charge in [0.25, 0.3) is 0 Å². The summed E-state index contributed by atoms with van der Waals surface area (Å²) in [6.45, 7) is 36.4. The van der Waals surface area contributed by atoms with Crippen molar-refractivity contribution in [3.05, 3.63) is 84.0 Å². The Morgan fingerprint density at radius 3 is 1.05 bits per heavy atom. The van der Waals surface area contributed by atoms with E-state index in [1.807, 2.05) is 102 Å². The first-order valence-electron chi connectivity index (χ1n) is 38.3. The standard InChI is InChI=1S/C18H23NO5S.C18H21NO5S.C11H19NO3.2C11H17NO3.C11H17NO2.CH4.2HI.Sm/c2*1-11-5-7-12(8-6-11)25(22,23)16-14-10-9-13(15(16)20)19(14)17(21)24-18(2,3)4;3*1-11(2,3)15-10(14)12-7-4-5-8(12)9(13)6-7;1-11(2,3)14-10(13)12-8-4-5-9(12)7-6-8;;;;/h5-8,13-14,16H,9-10H2,1-4H3;5-10,13-14,16H,1-4H3;7-9,13H,4-6H2,1-3H3;2*7-8H,4-6H2,1-3H3;4-5,8-9H,6-7H2,1-3H3;1H4;2*1H;/q;;;;;;;;;+2/p-2. The number of Topliss-reactive ketones (excluding diaryl/α,β-unsaturated/α-hetero) is 4. The second-order valence-corrected chi connectivity index (χ2v) is 59.8. The molecule has 0 radical (unpaired) electrons. The van der Waals surface area contributed by atoms with Crippen LogP contribution in [0.25, 0.3) is 0 Å². The summed E-state index contributed by atoms with van der Waals surface area (Å²) in [6.07, 6.45) is 14.9. The molecule has 15 atom stereocenters. The van der Waals surface area contributed by atoms with Gasteiger partial charge in [0.05, 0.1) is 64.2 Å². The zero-order valence-electron chi connectivity index (χ0n) is 68.1. The molecular weight excluding hydrogens is 1860 g/mol. The summed E-state index contributed by atoms with van der Waals surface area (Å²) in [4.78, 5) is 130. The van der Waals surface area contributed by atoms with Crippen LogP contribution in [0.4, 0.5) is 28.8 Å². The van der Waals surface area contributed by atoms with Crippen molar-refractivity contribution in [2.75, 3.05) is 0 Å². The van der Waals surface area contributed by atoms with Crippen molar-refractivity contribution in [2.24, 2.45) is 0 Å². The molecule has 2 aromatic rings. The van der Waals surface area contributed by atoms with Crippen molar-refractivity contribution >= 4 is 108 Å². The van der Waals surface area contributed by atoms with Gasteiger partial charge in [0.15, 0.2) is 48.1 Å². The van der Waals surface area contributed by atoms with Gasteiger partial charge in [0.1, 0.15) is 44.9 Å². The Hall–Kier alpha value is -5.12. The molecule has 27 nitrogen and oxygen atoms in total. The van der Waals surface area contributed by atoms with Gasteiger partial charge in [-0.25, -0.2) is 45.6 Å². The van der Waals surface area contributed by atoms with Crippen LogP contribution in [0.2, 0.25) is 0 Å². The number of carbonyl (C=O) groups is 10. The van der Waals surface area contributed by atoms with Gasteiger partial charge in [0.2, 0.25) is 0 Å². The Morgan fingerprint density at radius 2 is 0.726 bits per heavy atom. The number of aryl methyl sites for hydroxylation is 2. The van der Waals surface area contributed by atoms with Gasteiger partial charge in [-0.3, -0.25) is 48.6 Å². The van der Waals surface area contributed by atoms with Crippen LogP contribution in [-0.2, 0) is 67.3 Å². The van der Waals surface area contributed by atoms with Gasteiger partial charge in [-0.05, 0) is 233 Å². The van der Waals surface area contributed by atoms with Crippen molar-refractivity contribution in [1.29, 1.82) is 0 Å². The number of sulfone groups is 2. The third kappa shape index (κ3) is 23.5. The van der Waals surface area contributed by atoms with Gasteiger partial charge in [0, 0.05) is 31.0 Å². The number of benzene rings is 2. The second kappa shape index (κ2) is 37.0. The fourth-order valence-electron chi connectivity index (χ4n) is 16.1. The van der Waals surface area contributed by atoms with E-state index in [-0.39, 0.29) is 139 Å². The van der Waals surface area contributed by atoms with Crippen molar-refractivity contribution in [3.63, 3.8) is 0 Å². The molecule has 630 valence electrons. The first-order valence-corrected chi connectivity index (χ1v) is 56.5. The topological polar surface area (TPSA) is 334 Å².